The van der Waals surface area contributed by atoms with Crippen LogP contribution < -0.4 is 9.80 Å². The van der Waals surface area contributed by atoms with E-state index < -0.39 is 0 Å². The van der Waals surface area contributed by atoms with Crippen molar-refractivity contribution in [1.82, 2.24) is 4.57 Å². The standard InChI is InChI=1S/C28H31N3/c1-7-29-22(6)30(26-17-18(2)19(3)20(4)21(26)5)27-24-15-11-12-16-25(24)31(28(27)29)23-13-9-8-10-14-23/h8-17,22H,7H2,1-6H3/t22-/m0/s1. The van der Waals surface area contributed by atoms with Crippen LogP contribution in [0.3, 0.4) is 0 Å². The first-order valence-electron chi connectivity index (χ1n) is 11.3. The highest BCUT2D eigenvalue weighted by Gasteiger charge is 2.39. The predicted octanol–water partition coefficient (Wildman–Crippen LogP) is 7.19. The van der Waals surface area contributed by atoms with Crippen LogP contribution in [0.2, 0.25) is 0 Å². The Morgan fingerprint density at radius 1 is 0.806 bits per heavy atom. The molecule has 31 heavy (non-hydrogen) atoms. The quantitative estimate of drug-likeness (QED) is 0.355. The molecular formula is C28H31N3. The number of hydrogen-bond donors (Lipinski definition) is 0. The number of aryl methyl sites for hydroxylation is 1. The Balaban J connectivity index is 1.87. The van der Waals surface area contributed by atoms with E-state index in [9.17, 15) is 0 Å². The van der Waals surface area contributed by atoms with E-state index >= 15 is 0 Å². The second-order valence-electron chi connectivity index (χ2n) is 8.74. The molecule has 0 bridgehead atoms. The Hall–Kier alpha value is -3.20. The molecule has 158 valence electrons. The van der Waals surface area contributed by atoms with Crippen LogP contribution in [0.25, 0.3) is 16.6 Å². The van der Waals surface area contributed by atoms with Gasteiger partial charge in [0.2, 0.25) is 0 Å². The molecule has 0 N–H and O–H groups in total. The summed E-state index contributed by atoms with van der Waals surface area (Å²) in [5.41, 5.74) is 10.6. The fraction of sp³-hybridized carbons (Fsp3) is 0.286. The molecule has 0 saturated heterocycles. The van der Waals surface area contributed by atoms with Gasteiger partial charge in [-0.1, -0.05) is 36.4 Å². The zero-order valence-electron chi connectivity index (χ0n) is 19.4. The summed E-state index contributed by atoms with van der Waals surface area (Å²) < 4.78 is 2.44. The van der Waals surface area contributed by atoms with Crippen molar-refractivity contribution in [3.8, 4) is 5.69 Å². The number of rotatable bonds is 3. The highest BCUT2D eigenvalue weighted by molar-refractivity contribution is 6.07. The largest absolute Gasteiger partial charge is 0.336 e. The Bertz CT molecular complexity index is 1280. The summed E-state index contributed by atoms with van der Waals surface area (Å²) >= 11 is 0. The number of fused-ring (bicyclic) bond motifs is 3. The van der Waals surface area contributed by atoms with Crippen molar-refractivity contribution in [2.75, 3.05) is 16.3 Å². The maximum absolute atomic E-state index is 2.56. The van der Waals surface area contributed by atoms with E-state index in [1.807, 2.05) is 0 Å². The number of aromatic nitrogens is 1. The van der Waals surface area contributed by atoms with E-state index in [-0.39, 0.29) is 6.17 Å². The Kier molecular flexibility index (Phi) is 4.58. The lowest BCUT2D eigenvalue weighted by Crippen LogP contribution is -2.39. The van der Waals surface area contributed by atoms with Gasteiger partial charge in [-0.25, -0.2) is 0 Å². The van der Waals surface area contributed by atoms with Crippen molar-refractivity contribution >= 4 is 28.1 Å². The molecule has 4 aromatic rings. The van der Waals surface area contributed by atoms with Crippen LogP contribution in [-0.4, -0.2) is 17.3 Å². The lowest BCUT2D eigenvalue weighted by Gasteiger charge is -2.32. The molecule has 3 nitrogen and oxygen atoms in total. The van der Waals surface area contributed by atoms with Gasteiger partial charge in [0.05, 0.1) is 11.2 Å². The van der Waals surface area contributed by atoms with E-state index in [2.05, 4.69) is 117 Å². The molecule has 0 unspecified atom stereocenters. The maximum Gasteiger partial charge on any atom is 0.140 e. The fourth-order valence-electron chi connectivity index (χ4n) is 5.23. The zero-order valence-corrected chi connectivity index (χ0v) is 19.4. The molecular weight excluding hydrogens is 378 g/mol. The molecule has 0 aliphatic carbocycles. The molecule has 3 aromatic carbocycles. The van der Waals surface area contributed by atoms with Crippen LogP contribution in [-0.2, 0) is 0 Å². The molecule has 1 atom stereocenters. The number of nitrogens with zero attached hydrogens (tertiary/aromatic N) is 3. The van der Waals surface area contributed by atoms with Gasteiger partial charge in [0.15, 0.2) is 0 Å². The minimum atomic E-state index is 0.245. The first-order valence-corrected chi connectivity index (χ1v) is 11.3. The maximum atomic E-state index is 2.56. The van der Waals surface area contributed by atoms with Crippen LogP contribution in [0.5, 0.6) is 0 Å². The van der Waals surface area contributed by atoms with Crippen molar-refractivity contribution in [3.63, 3.8) is 0 Å². The third-order valence-corrected chi connectivity index (χ3v) is 7.23. The Morgan fingerprint density at radius 2 is 1.48 bits per heavy atom. The summed E-state index contributed by atoms with van der Waals surface area (Å²) in [6.07, 6.45) is 0.245. The molecule has 0 radical (unpaired) electrons. The van der Waals surface area contributed by atoms with Crippen LogP contribution in [0.1, 0.15) is 36.1 Å². The molecule has 2 heterocycles. The monoisotopic (exact) mass is 409 g/mol. The lowest BCUT2D eigenvalue weighted by molar-refractivity contribution is 0.680. The number of benzene rings is 3. The van der Waals surface area contributed by atoms with Gasteiger partial charge in [-0.15, -0.1) is 0 Å². The molecule has 0 spiro atoms. The van der Waals surface area contributed by atoms with E-state index in [4.69, 9.17) is 0 Å². The van der Waals surface area contributed by atoms with Gasteiger partial charge in [0.25, 0.3) is 0 Å². The lowest BCUT2D eigenvalue weighted by atomic mass is 9.97. The third kappa shape index (κ3) is 2.72. The van der Waals surface area contributed by atoms with E-state index in [0.717, 1.165) is 6.54 Å². The summed E-state index contributed by atoms with van der Waals surface area (Å²) in [4.78, 5) is 5.10. The zero-order chi connectivity index (χ0) is 21.9. The van der Waals surface area contributed by atoms with Crippen LogP contribution in [0.4, 0.5) is 17.2 Å². The van der Waals surface area contributed by atoms with Crippen LogP contribution >= 0.6 is 0 Å². The highest BCUT2D eigenvalue weighted by Crippen LogP contribution is 2.52. The molecule has 0 fully saturated rings. The van der Waals surface area contributed by atoms with Crippen LogP contribution in [0, 0.1) is 27.7 Å². The molecule has 3 heteroatoms. The van der Waals surface area contributed by atoms with E-state index in [1.54, 1.807) is 0 Å². The van der Waals surface area contributed by atoms with Gasteiger partial charge in [0, 0.05) is 23.3 Å². The van der Waals surface area contributed by atoms with Crippen molar-refractivity contribution < 1.29 is 0 Å². The minimum Gasteiger partial charge on any atom is -0.336 e. The van der Waals surface area contributed by atoms with Crippen molar-refractivity contribution in [2.45, 2.75) is 47.7 Å². The molecule has 5 rings (SSSR count). The second kappa shape index (κ2) is 7.19. The first-order chi connectivity index (χ1) is 15.0. The Morgan fingerprint density at radius 3 is 2.19 bits per heavy atom. The number of hydrogen-bond acceptors (Lipinski definition) is 2. The van der Waals surface area contributed by atoms with Crippen molar-refractivity contribution in [1.29, 1.82) is 0 Å². The molecule has 0 saturated carbocycles. The van der Waals surface area contributed by atoms with Gasteiger partial charge < -0.3 is 9.80 Å². The summed E-state index contributed by atoms with van der Waals surface area (Å²) in [5.74, 6) is 1.29. The first kappa shape index (κ1) is 19.7. The average molecular weight is 410 g/mol. The molecule has 1 aliphatic rings. The highest BCUT2D eigenvalue weighted by atomic mass is 15.5. The summed E-state index contributed by atoms with van der Waals surface area (Å²) in [7, 11) is 0. The summed E-state index contributed by atoms with van der Waals surface area (Å²) in [6.45, 7) is 14.5. The molecule has 1 aromatic heterocycles. The number of anilines is 3. The van der Waals surface area contributed by atoms with Gasteiger partial charge >= 0.3 is 0 Å². The van der Waals surface area contributed by atoms with Gasteiger partial charge in [-0.05, 0) is 88.1 Å². The van der Waals surface area contributed by atoms with E-state index in [1.165, 1.54) is 56.0 Å². The average Bonchev–Trinajstić information content (AvgIpc) is 3.26. The summed E-state index contributed by atoms with van der Waals surface area (Å²) in [5, 5.41) is 1.31. The predicted molar refractivity (Wildman–Crippen MR) is 133 cm³/mol. The smallest absolute Gasteiger partial charge is 0.140 e. The molecule has 0 amide bonds. The topological polar surface area (TPSA) is 11.4 Å². The summed E-state index contributed by atoms with van der Waals surface area (Å²) in [6, 6.07) is 22.0. The van der Waals surface area contributed by atoms with Gasteiger partial charge in [0.1, 0.15) is 12.0 Å². The van der Waals surface area contributed by atoms with Gasteiger partial charge in [-0.3, -0.25) is 4.57 Å². The van der Waals surface area contributed by atoms with Crippen LogP contribution in [0.15, 0.2) is 60.7 Å². The number of para-hydroxylation sites is 2. The molecule has 1 aliphatic heterocycles. The third-order valence-electron chi connectivity index (χ3n) is 7.23. The van der Waals surface area contributed by atoms with Crippen molar-refractivity contribution in [3.05, 3.63) is 82.9 Å². The van der Waals surface area contributed by atoms with Crippen molar-refractivity contribution in [2.24, 2.45) is 0 Å². The Labute approximate surface area is 185 Å². The minimum absolute atomic E-state index is 0.245. The fourth-order valence-corrected chi connectivity index (χ4v) is 5.23. The second-order valence-corrected chi connectivity index (χ2v) is 8.74. The normalized spacial score (nSPS) is 15.7. The SMILES string of the molecule is CCN1c2c(c3ccccc3n2-c2ccccc2)N(c2cc(C)c(C)c(C)c2C)[C@H]1C. The van der Waals surface area contributed by atoms with E-state index in [0.29, 0.717) is 0 Å². The van der Waals surface area contributed by atoms with Gasteiger partial charge in [-0.2, -0.15) is 0 Å².